The summed E-state index contributed by atoms with van der Waals surface area (Å²) in [7, 11) is 0. The molecule has 0 saturated heterocycles. The number of imidazole rings is 1. The maximum absolute atomic E-state index is 13.3. The summed E-state index contributed by atoms with van der Waals surface area (Å²) in [4.78, 5) is 21.7. The van der Waals surface area contributed by atoms with E-state index in [2.05, 4.69) is 15.1 Å². The highest BCUT2D eigenvalue weighted by Gasteiger charge is 2.39. The minimum Gasteiger partial charge on any atom is -0.465 e. The molecule has 0 fully saturated rings. The van der Waals surface area contributed by atoms with Gasteiger partial charge in [-0.05, 0) is 71.7 Å². The highest BCUT2D eigenvalue weighted by molar-refractivity contribution is 5.88. The van der Waals surface area contributed by atoms with Crippen LogP contribution in [0.1, 0.15) is 85.8 Å². The van der Waals surface area contributed by atoms with Gasteiger partial charge in [-0.15, -0.1) is 0 Å². The summed E-state index contributed by atoms with van der Waals surface area (Å²) in [6.45, 7) is 10.6. The van der Waals surface area contributed by atoms with E-state index in [0.717, 1.165) is 12.1 Å². The number of aryl methyl sites for hydroxylation is 2. The van der Waals surface area contributed by atoms with E-state index < -0.39 is 35.5 Å². The lowest BCUT2D eigenvalue weighted by molar-refractivity contribution is -0.137. The SMILES string of the molecule is CCOc1nc2c(n1C(=O)OC(C)(C)C)C=C(c1c(C)noc1C)CC2C(O)c1ccc(C(F)(F)F)cn1. The number of pyridine rings is 1. The van der Waals surface area contributed by atoms with E-state index in [4.69, 9.17) is 14.0 Å². The molecular formula is C26H29F3N4O5. The minimum atomic E-state index is -4.56. The lowest BCUT2D eigenvalue weighted by Crippen LogP contribution is -2.28. The van der Waals surface area contributed by atoms with Crippen LogP contribution >= 0.6 is 0 Å². The van der Waals surface area contributed by atoms with Crippen molar-refractivity contribution in [1.82, 2.24) is 19.7 Å². The number of aliphatic hydroxyl groups excluding tert-OH is 1. The predicted molar refractivity (Wildman–Crippen MR) is 130 cm³/mol. The number of halogens is 3. The first-order valence-corrected chi connectivity index (χ1v) is 12.0. The van der Waals surface area contributed by atoms with Gasteiger partial charge in [0.25, 0.3) is 0 Å². The first-order valence-electron chi connectivity index (χ1n) is 12.0. The fourth-order valence-corrected chi connectivity index (χ4v) is 4.44. The van der Waals surface area contributed by atoms with Crippen LogP contribution < -0.4 is 4.74 Å². The number of rotatable bonds is 5. The molecule has 3 aromatic heterocycles. The Morgan fingerprint density at radius 3 is 2.50 bits per heavy atom. The normalized spacial score (nSPS) is 16.6. The van der Waals surface area contributed by atoms with E-state index in [9.17, 15) is 23.1 Å². The summed E-state index contributed by atoms with van der Waals surface area (Å²) in [5, 5.41) is 15.4. The lowest BCUT2D eigenvalue weighted by Gasteiger charge is -2.27. The van der Waals surface area contributed by atoms with Gasteiger partial charge in [0.2, 0.25) is 0 Å². The van der Waals surface area contributed by atoms with Crippen molar-refractivity contribution in [2.75, 3.05) is 6.61 Å². The second-order valence-electron chi connectivity index (χ2n) is 10.0. The molecule has 0 radical (unpaired) electrons. The molecule has 0 spiro atoms. The van der Waals surface area contributed by atoms with Gasteiger partial charge in [0, 0.05) is 17.7 Å². The summed E-state index contributed by atoms with van der Waals surface area (Å²) < 4.78 is 57.0. The molecule has 1 N–H and O–H groups in total. The summed E-state index contributed by atoms with van der Waals surface area (Å²) in [6.07, 6.45) is -4.00. The molecule has 9 nitrogen and oxygen atoms in total. The average Bonchev–Trinajstić information content (AvgIpc) is 3.35. The van der Waals surface area contributed by atoms with Crippen LogP contribution in [0.25, 0.3) is 11.6 Å². The highest BCUT2D eigenvalue weighted by atomic mass is 19.4. The molecule has 0 aromatic carbocycles. The fourth-order valence-electron chi connectivity index (χ4n) is 4.44. The number of alkyl halides is 3. The molecule has 0 saturated carbocycles. The van der Waals surface area contributed by atoms with Gasteiger partial charge in [-0.1, -0.05) is 5.16 Å². The van der Waals surface area contributed by atoms with E-state index >= 15 is 0 Å². The Balaban J connectivity index is 1.87. The Morgan fingerprint density at radius 2 is 1.97 bits per heavy atom. The van der Waals surface area contributed by atoms with Gasteiger partial charge in [-0.3, -0.25) is 4.98 Å². The first kappa shape index (κ1) is 27.4. The van der Waals surface area contributed by atoms with Crippen LogP contribution in [0.2, 0.25) is 0 Å². The lowest BCUT2D eigenvalue weighted by atomic mass is 9.81. The van der Waals surface area contributed by atoms with E-state index in [1.807, 2.05) is 0 Å². The zero-order valence-electron chi connectivity index (χ0n) is 21.9. The Bertz CT molecular complexity index is 1350. The number of carbonyl (C=O) groups excluding carboxylic acids is 1. The van der Waals surface area contributed by atoms with E-state index in [0.29, 0.717) is 40.2 Å². The first-order chi connectivity index (χ1) is 17.7. The number of aliphatic hydroxyl groups is 1. The van der Waals surface area contributed by atoms with E-state index in [-0.39, 0.29) is 24.7 Å². The van der Waals surface area contributed by atoms with Crippen LogP contribution in [-0.2, 0) is 10.9 Å². The summed E-state index contributed by atoms with van der Waals surface area (Å²) in [5.41, 5.74) is 0.917. The van der Waals surface area contributed by atoms with Gasteiger partial charge in [-0.2, -0.15) is 22.7 Å². The molecule has 204 valence electrons. The van der Waals surface area contributed by atoms with Crippen LogP contribution in [0.4, 0.5) is 18.0 Å². The molecule has 3 aromatic rings. The van der Waals surface area contributed by atoms with Crippen LogP contribution in [0.15, 0.2) is 22.9 Å². The molecule has 12 heteroatoms. The van der Waals surface area contributed by atoms with Gasteiger partial charge in [0.05, 0.1) is 34.9 Å². The third-order valence-corrected chi connectivity index (χ3v) is 6.01. The van der Waals surface area contributed by atoms with Crippen molar-refractivity contribution in [2.45, 2.75) is 71.8 Å². The van der Waals surface area contributed by atoms with Crippen molar-refractivity contribution >= 4 is 17.7 Å². The quantitative estimate of drug-likeness (QED) is 0.434. The Morgan fingerprint density at radius 1 is 1.26 bits per heavy atom. The smallest absolute Gasteiger partial charge is 0.423 e. The Kier molecular flexibility index (Phi) is 7.13. The summed E-state index contributed by atoms with van der Waals surface area (Å²) >= 11 is 0. The van der Waals surface area contributed by atoms with Crippen molar-refractivity contribution < 1.29 is 37.1 Å². The zero-order chi connectivity index (χ0) is 28.0. The standard InChI is InChI=1S/C26H29F3N4O5/c1-7-36-23-31-21-17(22(34)18-9-8-16(12-30-18)26(27,28)29)10-15(20-13(2)32-38-14(20)3)11-19(21)33(23)24(35)37-25(4,5)6/h8-9,11-12,17,22,34H,7,10H2,1-6H3. The number of hydrogen-bond donors (Lipinski definition) is 1. The highest BCUT2D eigenvalue weighted by Crippen LogP contribution is 2.46. The topological polar surface area (TPSA) is 113 Å². The Hall–Kier alpha value is -3.67. The number of aromatic nitrogens is 4. The van der Waals surface area contributed by atoms with Crippen molar-refractivity contribution in [3.05, 3.63) is 58.0 Å². The number of hydrogen-bond acceptors (Lipinski definition) is 8. The molecule has 1 aliphatic carbocycles. The molecule has 0 bridgehead atoms. The van der Waals surface area contributed by atoms with E-state index in [1.165, 1.54) is 4.57 Å². The number of allylic oxidation sites excluding steroid dienone is 1. The Labute approximate surface area is 217 Å². The van der Waals surface area contributed by atoms with Crippen molar-refractivity contribution in [3.63, 3.8) is 0 Å². The predicted octanol–water partition coefficient (Wildman–Crippen LogP) is 5.85. The number of nitrogens with zero attached hydrogens (tertiary/aromatic N) is 4. The van der Waals surface area contributed by atoms with Gasteiger partial charge in [0.1, 0.15) is 17.5 Å². The summed E-state index contributed by atoms with van der Waals surface area (Å²) in [5.74, 6) is -0.253. The number of carbonyl (C=O) groups is 1. The molecule has 0 aliphatic heterocycles. The molecule has 38 heavy (non-hydrogen) atoms. The van der Waals surface area contributed by atoms with Crippen molar-refractivity contribution in [3.8, 4) is 6.01 Å². The molecule has 2 atom stereocenters. The van der Waals surface area contributed by atoms with Crippen molar-refractivity contribution in [2.24, 2.45) is 0 Å². The maximum Gasteiger partial charge on any atom is 0.423 e. The molecule has 1 aliphatic rings. The van der Waals surface area contributed by atoms with Crippen molar-refractivity contribution in [1.29, 1.82) is 0 Å². The van der Waals surface area contributed by atoms with Crippen LogP contribution in [-0.4, -0.2) is 43.1 Å². The zero-order valence-corrected chi connectivity index (χ0v) is 21.9. The van der Waals surface area contributed by atoms with Crippen LogP contribution in [0.5, 0.6) is 6.01 Å². The molecule has 0 amide bonds. The van der Waals surface area contributed by atoms with Crippen LogP contribution in [0, 0.1) is 13.8 Å². The molecular weight excluding hydrogens is 505 g/mol. The van der Waals surface area contributed by atoms with Gasteiger partial charge in [-0.25, -0.2) is 4.79 Å². The second-order valence-corrected chi connectivity index (χ2v) is 10.0. The molecule has 2 unspecified atom stereocenters. The van der Waals surface area contributed by atoms with Crippen LogP contribution in [0.3, 0.4) is 0 Å². The van der Waals surface area contributed by atoms with Gasteiger partial charge in [0.15, 0.2) is 0 Å². The molecule has 3 heterocycles. The van der Waals surface area contributed by atoms with Gasteiger partial charge >= 0.3 is 18.3 Å². The summed E-state index contributed by atoms with van der Waals surface area (Å²) in [6, 6.07) is 1.97. The fraction of sp³-hybridized carbons (Fsp3) is 0.462. The third-order valence-electron chi connectivity index (χ3n) is 6.01. The molecule has 4 rings (SSSR count). The largest absolute Gasteiger partial charge is 0.465 e. The average molecular weight is 535 g/mol. The maximum atomic E-state index is 13.3. The second kappa shape index (κ2) is 9.90. The monoisotopic (exact) mass is 534 g/mol. The third kappa shape index (κ3) is 5.31. The minimum absolute atomic E-state index is 0.0266. The van der Waals surface area contributed by atoms with E-state index in [1.54, 1.807) is 47.6 Å². The number of fused-ring (bicyclic) bond motifs is 1. The number of ether oxygens (including phenoxy) is 2. The van der Waals surface area contributed by atoms with Gasteiger partial charge < -0.3 is 19.1 Å².